The molecule has 0 saturated carbocycles. The quantitative estimate of drug-likeness (QED) is 0.704. The Labute approximate surface area is 126 Å². The number of fused-ring (bicyclic) bond motifs is 1. The van der Waals surface area contributed by atoms with Gasteiger partial charge < -0.3 is 25.4 Å². The van der Waals surface area contributed by atoms with Crippen LogP contribution in [-0.4, -0.2) is 55.7 Å². The lowest BCUT2D eigenvalue weighted by Gasteiger charge is -2.28. The van der Waals surface area contributed by atoms with Gasteiger partial charge in [-0.3, -0.25) is 4.57 Å². The van der Waals surface area contributed by atoms with E-state index in [1.54, 1.807) is 10.9 Å². The summed E-state index contributed by atoms with van der Waals surface area (Å²) in [7, 11) is 1.47. The van der Waals surface area contributed by atoms with E-state index in [0.29, 0.717) is 11.2 Å². The van der Waals surface area contributed by atoms with E-state index in [1.807, 2.05) is 13.8 Å². The van der Waals surface area contributed by atoms with Crippen molar-refractivity contribution in [3.05, 3.63) is 6.33 Å². The average molecular weight is 309 g/mol. The molecule has 3 atom stereocenters. The number of methoxy groups -OCH3 is 1. The molecule has 0 aliphatic carbocycles. The largest absolute Gasteiger partial charge is 0.479 e. The van der Waals surface area contributed by atoms with Gasteiger partial charge >= 0.3 is 0 Å². The monoisotopic (exact) mass is 309 g/mol. The Morgan fingerprint density at radius 1 is 1.45 bits per heavy atom. The molecule has 0 spiro atoms. The number of aliphatic hydroxyl groups is 2. The molecule has 1 fully saturated rings. The van der Waals surface area contributed by atoms with Crippen LogP contribution in [0.5, 0.6) is 5.88 Å². The summed E-state index contributed by atoms with van der Waals surface area (Å²) in [6.45, 7) is 3.44. The van der Waals surface area contributed by atoms with E-state index in [1.165, 1.54) is 7.11 Å². The molecule has 22 heavy (non-hydrogen) atoms. The van der Waals surface area contributed by atoms with Gasteiger partial charge in [-0.2, -0.15) is 9.97 Å². The van der Waals surface area contributed by atoms with Crippen molar-refractivity contribution in [2.75, 3.05) is 19.5 Å². The van der Waals surface area contributed by atoms with Gasteiger partial charge in [-0.25, -0.2) is 4.98 Å². The van der Waals surface area contributed by atoms with Crippen molar-refractivity contribution in [2.24, 2.45) is 5.41 Å². The van der Waals surface area contributed by atoms with Crippen molar-refractivity contribution in [3.8, 4) is 5.88 Å². The molecule has 3 rings (SSSR count). The molecular formula is C13H19N5O4. The lowest BCUT2D eigenvalue weighted by atomic mass is 9.84. The van der Waals surface area contributed by atoms with E-state index in [-0.39, 0.29) is 18.4 Å². The van der Waals surface area contributed by atoms with Crippen LogP contribution in [0.3, 0.4) is 0 Å². The Balaban J connectivity index is 2.13. The minimum Gasteiger partial charge on any atom is -0.479 e. The lowest BCUT2D eigenvalue weighted by molar-refractivity contribution is -0.0492. The molecule has 1 aliphatic heterocycles. The molecule has 1 saturated heterocycles. The number of hydrogen-bond donors (Lipinski definition) is 3. The third kappa shape index (κ3) is 2.01. The third-order valence-corrected chi connectivity index (χ3v) is 4.09. The summed E-state index contributed by atoms with van der Waals surface area (Å²) in [6, 6.07) is 0. The fourth-order valence-electron chi connectivity index (χ4n) is 2.83. The van der Waals surface area contributed by atoms with Crippen LogP contribution < -0.4 is 10.5 Å². The highest BCUT2D eigenvalue weighted by molar-refractivity contribution is 5.77. The fourth-order valence-corrected chi connectivity index (χ4v) is 2.83. The summed E-state index contributed by atoms with van der Waals surface area (Å²) in [6.07, 6.45) is -0.497. The van der Waals surface area contributed by atoms with Crippen molar-refractivity contribution in [3.63, 3.8) is 0 Å². The molecule has 3 unspecified atom stereocenters. The third-order valence-electron chi connectivity index (χ3n) is 4.09. The number of imidazole rings is 1. The number of ether oxygens (including phenoxy) is 2. The predicted octanol–water partition coefficient (Wildman–Crippen LogP) is -0.306. The molecule has 9 nitrogen and oxygen atoms in total. The van der Waals surface area contributed by atoms with E-state index < -0.39 is 23.9 Å². The van der Waals surface area contributed by atoms with E-state index in [9.17, 15) is 10.2 Å². The van der Waals surface area contributed by atoms with Gasteiger partial charge in [0.25, 0.3) is 0 Å². The summed E-state index contributed by atoms with van der Waals surface area (Å²) in [4.78, 5) is 12.4. The molecule has 2 aromatic rings. The minimum atomic E-state index is -0.818. The summed E-state index contributed by atoms with van der Waals surface area (Å²) in [5, 5.41) is 19.7. The number of nitrogen functional groups attached to an aromatic ring is 1. The first-order chi connectivity index (χ1) is 10.4. The number of anilines is 1. The smallest absolute Gasteiger partial charge is 0.246 e. The first-order valence-corrected chi connectivity index (χ1v) is 6.88. The van der Waals surface area contributed by atoms with Crippen molar-refractivity contribution >= 4 is 17.1 Å². The second-order valence-corrected chi connectivity index (χ2v) is 5.89. The van der Waals surface area contributed by atoms with E-state index in [2.05, 4.69) is 15.0 Å². The van der Waals surface area contributed by atoms with E-state index in [4.69, 9.17) is 15.2 Å². The molecule has 0 bridgehead atoms. The molecule has 3 heterocycles. The zero-order valence-electron chi connectivity index (χ0n) is 12.6. The zero-order valence-corrected chi connectivity index (χ0v) is 12.6. The highest BCUT2D eigenvalue weighted by Gasteiger charge is 2.51. The highest BCUT2D eigenvalue weighted by atomic mass is 16.5. The topological polar surface area (TPSA) is 129 Å². The first kappa shape index (κ1) is 14.9. The SMILES string of the molecule is COc1nc(N)nc2c1ncn2C1OC(CO)C(O)C1(C)C. The van der Waals surface area contributed by atoms with Gasteiger partial charge in [-0.1, -0.05) is 13.8 Å². The van der Waals surface area contributed by atoms with Gasteiger partial charge in [-0.15, -0.1) is 0 Å². The standard InChI is InChI=1S/C13H19N5O4/c1-13(2)8(20)6(4-19)22-11(13)18-5-15-7-9(18)16-12(14)17-10(7)21-3/h5-6,8,11,19-20H,4H2,1-3H3,(H2,14,16,17). The number of hydrogen-bond acceptors (Lipinski definition) is 8. The predicted molar refractivity (Wildman–Crippen MR) is 77.1 cm³/mol. The average Bonchev–Trinajstić information content (AvgIpc) is 2.98. The fraction of sp³-hybridized carbons (Fsp3) is 0.615. The molecule has 2 aromatic heterocycles. The minimum absolute atomic E-state index is 0.0566. The van der Waals surface area contributed by atoms with Gasteiger partial charge in [0.05, 0.1) is 26.1 Å². The number of aromatic nitrogens is 4. The Hall–Kier alpha value is -1.97. The Morgan fingerprint density at radius 3 is 2.77 bits per heavy atom. The molecule has 9 heteroatoms. The number of aliphatic hydroxyl groups excluding tert-OH is 2. The second kappa shape index (κ2) is 5.04. The molecule has 1 aliphatic rings. The van der Waals surface area contributed by atoms with Crippen molar-refractivity contribution < 1.29 is 19.7 Å². The van der Waals surface area contributed by atoms with Crippen LogP contribution in [0, 0.1) is 5.41 Å². The van der Waals surface area contributed by atoms with Crippen molar-refractivity contribution in [1.82, 2.24) is 19.5 Å². The molecule has 0 aromatic carbocycles. The normalized spacial score (nSPS) is 27.4. The van der Waals surface area contributed by atoms with Gasteiger partial charge in [0.15, 0.2) is 11.2 Å². The van der Waals surface area contributed by atoms with E-state index >= 15 is 0 Å². The Kier molecular flexibility index (Phi) is 3.42. The van der Waals surface area contributed by atoms with Crippen molar-refractivity contribution in [2.45, 2.75) is 32.3 Å². The number of nitrogens with two attached hydrogens (primary N) is 1. The van der Waals surface area contributed by atoms with Crippen LogP contribution in [0.1, 0.15) is 20.1 Å². The van der Waals surface area contributed by atoms with Gasteiger partial charge in [0.1, 0.15) is 12.3 Å². The lowest BCUT2D eigenvalue weighted by Crippen LogP contribution is -2.35. The van der Waals surface area contributed by atoms with Gasteiger partial charge in [0.2, 0.25) is 11.8 Å². The number of nitrogens with zero attached hydrogens (tertiary/aromatic N) is 4. The second-order valence-electron chi connectivity index (χ2n) is 5.89. The Morgan fingerprint density at radius 2 is 2.18 bits per heavy atom. The molecule has 0 radical (unpaired) electrons. The van der Waals surface area contributed by atoms with Gasteiger partial charge in [0, 0.05) is 5.41 Å². The van der Waals surface area contributed by atoms with E-state index in [0.717, 1.165) is 0 Å². The van der Waals surface area contributed by atoms with Crippen LogP contribution in [0.15, 0.2) is 6.33 Å². The summed E-state index contributed by atoms with van der Waals surface area (Å²) in [5.41, 5.74) is 5.97. The maximum absolute atomic E-state index is 10.3. The maximum Gasteiger partial charge on any atom is 0.246 e. The Bertz CT molecular complexity index is 701. The highest BCUT2D eigenvalue weighted by Crippen LogP contribution is 2.45. The maximum atomic E-state index is 10.3. The molecule has 4 N–H and O–H groups in total. The zero-order chi connectivity index (χ0) is 16.1. The number of rotatable bonds is 3. The first-order valence-electron chi connectivity index (χ1n) is 6.88. The van der Waals surface area contributed by atoms with Crippen LogP contribution in [0.25, 0.3) is 11.2 Å². The summed E-state index contributed by atoms with van der Waals surface area (Å²) in [5.74, 6) is 0.331. The molecule has 120 valence electrons. The van der Waals surface area contributed by atoms with Crippen LogP contribution in [0.4, 0.5) is 5.95 Å². The van der Waals surface area contributed by atoms with Crippen molar-refractivity contribution in [1.29, 1.82) is 0 Å². The van der Waals surface area contributed by atoms with Gasteiger partial charge in [-0.05, 0) is 0 Å². The van der Waals surface area contributed by atoms with Crippen LogP contribution in [-0.2, 0) is 4.74 Å². The summed E-state index contributed by atoms with van der Waals surface area (Å²) >= 11 is 0. The molecular weight excluding hydrogens is 290 g/mol. The summed E-state index contributed by atoms with van der Waals surface area (Å²) < 4.78 is 12.6. The van der Waals surface area contributed by atoms with Crippen LogP contribution in [0.2, 0.25) is 0 Å². The molecule has 0 amide bonds. The van der Waals surface area contributed by atoms with Crippen LogP contribution >= 0.6 is 0 Å².